The predicted octanol–water partition coefficient (Wildman–Crippen LogP) is 2.11. The van der Waals surface area contributed by atoms with Crippen molar-refractivity contribution in [3.8, 4) is 0 Å². The molecule has 0 N–H and O–H groups in total. The summed E-state index contributed by atoms with van der Waals surface area (Å²) in [5.74, 6) is 0. The van der Waals surface area contributed by atoms with Crippen molar-refractivity contribution in [1.29, 1.82) is 0 Å². The Morgan fingerprint density at radius 2 is 2.33 bits per heavy atom. The molecule has 3 heteroatoms. The first-order chi connectivity index (χ1) is 2.81. The molecule has 0 heterocycles. The van der Waals surface area contributed by atoms with Gasteiger partial charge >= 0.3 is 7.00 Å². The molecule has 6 heavy (non-hydrogen) atoms. The van der Waals surface area contributed by atoms with Gasteiger partial charge in [-0.25, -0.2) is 0 Å². The zero-order chi connectivity index (χ0) is 4.99. The lowest BCUT2D eigenvalue weighted by Crippen LogP contribution is -1.54. The van der Waals surface area contributed by atoms with E-state index in [0.717, 1.165) is 6.16 Å². The molecular weight excluding hydrogens is 115 g/mol. The monoisotopic (exact) mass is 123 g/mol. The van der Waals surface area contributed by atoms with E-state index in [1.54, 1.807) is 0 Å². The summed E-state index contributed by atoms with van der Waals surface area (Å²) in [5, 5.41) is 0. The molecule has 0 spiro atoms. The highest BCUT2D eigenvalue weighted by Gasteiger charge is 2.05. The van der Waals surface area contributed by atoms with Gasteiger partial charge in [0.25, 0.3) is 0 Å². The zero-order valence-electron chi connectivity index (χ0n) is 3.97. The normalized spacial score (nSPS) is 11.3. The fourth-order valence-corrected chi connectivity index (χ4v) is 1.16. The van der Waals surface area contributed by atoms with Crippen molar-refractivity contribution < 1.29 is 4.57 Å². The van der Waals surface area contributed by atoms with Crippen LogP contribution in [0, 0.1) is 0 Å². The molecule has 0 fully saturated rings. The van der Waals surface area contributed by atoms with Gasteiger partial charge in [-0.2, -0.15) is 0 Å². The van der Waals surface area contributed by atoms with E-state index in [-0.39, 0.29) is 0 Å². The molecule has 1 nitrogen and oxygen atoms in total. The van der Waals surface area contributed by atoms with Gasteiger partial charge in [-0.1, -0.05) is 4.57 Å². The van der Waals surface area contributed by atoms with E-state index in [1.165, 1.54) is 11.4 Å². The van der Waals surface area contributed by atoms with Crippen LogP contribution in [0.5, 0.6) is 0 Å². The highest BCUT2D eigenvalue weighted by Crippen LogP contribution is 2.33. The van der Waals surface area contributed by atoms with Crippen LogP contribution in [-0.2, 0) is 4.57 Å². The lowest BCUT2D eigenvalue weighted by atomic mass is 11.0. The molecule has 0 saturated carbocycles. The molecule has 0 aromatic heterocycles. The second-order valence-electron chi connectivity index (χ2n) is 0.832. The second-order valence-corrected chi connectivity index (χ2v) is 4.81. The van der Waals surface area contributed by atoms with Crippen molar-refractivity contribution >= 4 is 18.4 Å². The van der Waals surface area contributed by atoms with Gasteiger partial charge in [0.05, 0.1) is 0 Å². The number of hydrogen-bond acceptors (Lipinski definition) is 2. The van der Waals surface area contributed by atoms with Gasteiger partial charge in [-0.15, -0.1) is 0 Å². The van der Waals surface area contributed by atoms with Crippen LogP contribution in [0.2, 0.25) is 0 Å². The Kier molecular flexibility index (Phi) is 3.91. The molecule has 36 valence electrons. The highest BCUT2D eigenvalue weighted by atomic mass is 32.7. The van der Waals surface area contributed by atoms with Crippen molar-refractivity contribution in [2.75, 3.05) is 12.4 Å². The average molecular weight is 123 g/mol. The Labute approximate surface area is 43.0 Å². The SMILES string of the molecule is CC[P+](=O)SC. The third kappa shape index (κ3) is 2.67. The number of hydrogen-bond donors (Lipinski definition) is 0. The van der Waals surface area contributed by atoms with Crippen LogP contribution < -0.4 is 0 Å². The Balaban J connectivity index is 2.99. The smallest absolute Gasteiger partial charge is 0.0597 e. The Morgan fingerprint density at radius 1 is 1.83 bits per heavy atom. The molecule has 0 saturated heterocycles. The van der Waals surface area contributed by atoms with E-state index >= 15 is 0 Å². The maximum absolute atomic E-state index is 10.3. The van der Waals surface area contributed by atoms with E-state index < -0.39 is 7.00 Å². The van der Waals surface area contributed by atoms with E-state index in [0.29, 0.717) is 0 Å². The quantitative estimate of drug-likeness (QED) is 0.523. The van der Waals surface area contributed by atoms with Crippen molar-refractivity contribution in [2.45, 2.75) is 6.92 Å². The van der Waals surface area contributed by atoms with Gasteiger partial charge in [-0.3, -0.25) is 0 Å². The molecule has 0 aromatic rings. The molecule has 0 aliphatic rings. The largest absolute Gasteiger partial charge is 0.409 e. The summed E-state index contributed by atoms with van der Waals surface area (Å²) in [5.41, 5.74) is 0. The van der Waals surface area contributed by atoms with Crippen LogP contribution in [0.3, 0.4) is 0 Å². The van der Waals surface area contributed by atoms with Crippen molar-refractivity contribution in [2.24, 2.45) is 0 Å². The lowest BCUT2D eigenvalue weighted by Gasteiger charge is -1.63. The predicted molar refractivity (Wildman–Crippen MR) is 31.7 cm³/mol. The molecule has 0 radical (unpaired) electrons. The van der Waals surface area contributed by atoms with Crippen LogP contribution in [-0.4, -0.2) is 12.4 Å². The van der Waals surface area contributed by atoms with E-state index in [9.17, 15) is 4.57 Å². The van der Waals surface area contributed by atoms with Gasteiger partial charge in [-0.05, 0) is 6.92 Å². The minimum Gasteiger partial charge on any atom is -0.0597 e. The van der Waals surface area contributed by atoms with Crippen LogP contribution in [0.25, 0.3) is 0 Å². The van der Waals surface area contributed by atoms with Gasteiger partial charge in [0.15, 0.2) is 6.16 Å². The molecule has 1 unspecified atom stereocenters. The molecular formula is C3H8OPS+. The minimum absolute atomic E-state index is 0.802. The first kappa shape index (κ1) is 6.45. The third-order valence-corrected chi connectivity index (χ3v) is 3.38. The van der Waals surface area contributed by atoms with Crippen LogP contribution in [0.4, 0.5) is 0 Å². The fourth-order valence-electron chi connectivity index (χ4n) is 0.129. The fraction of sp³-hybridized carbons (Fsp3) is 1.00. The summed E-state index contributed by atoms with van der Waals surface area (Å²) in [6.45, 7) is 1.93. The Bertz CT molecular complexity index is 48.8. The molecule has 0 aliphatic heterocycles. The highest BCUT2D eigenvalue weighted by molar-refractivity contribution is 8.51. The first-order valence-electron chi connectivity index (χ1n) is 1.80. The Morgan fingerprint density at radius 3 is 2.33 bits per heavy atom. The van der Waals surface area contributed by atoms with Crippen LogP contribution >= 0.6 is 18.4 Å². The first-order valence-corrected chi connectivity index (χ1v) is 5.07. The standard InChI is InChI=1S/C3H8OPS/c1-3-5(4)6-2/h3H2,1-2H3/q+1. The molecule has 1 atom stereocenters. The van der Waals surface area contributed by atoms with Crippen LogP contribution in [0.15, 0.2) is 0 Å². The molecule has 0 aromatic carbocycles. The van der Waals surface area contributed by atoms with Gasteiger partial charge in [0.2, 0.25) is 0 Å². The van der Waals surface area contributed by atoms with Gasteiger partial charge in [0, 0.05) is 6.26 Å². The second kappa shape index (κ2) is 3.63. The topological polar surface area (TPSA) is 17.1 Å². The number of rotatable bonds is 2. The van der Waals surface area contributed by atoms with E-state index in [1.807, 2.05) is 13.2 Å². The van der Waals surface area contributed by atoms with Crippen molar-refractivity contribution in [1.82, 2.24) is 0 Å². The molecule has 0 amide bonds. The lowest BCUT2D eigenvalue weighted by molar-refractivity contribution is 0.597. The maximum Gasteiger partial charge on any atom is 0.409 e. The summed E-state index contributed by atoms with van der Waals surface area (Å²) < 4.78 is 10.3. The molecule has 0 bridgehead atoms. The zero-order valence-corrected chi connectivity index (χ0v) is 5.68. The van der Waals surface area contributed by atoms with Crippen LogP contribution in [0.1, 0.15) is 6.92 Å². The van der Waals surface area contributed by atoms with Crippen molar-refractivity contribution in [3.05, 3.63) is 0 Å². The Hall–Kier alpha value is 0.450. The molecule has 0 aliphatic carbocycles. The minimum atomic E-state index is -0.909. The summed E-state index contributed by atoms with van der Waals surface area (Å²) in [4.78, 5) is 0. The van der Waals surface area contributed by atoms with Gasteiger partial charge < -0.3 is 0 Å². The summed E-state index contributed by atoms with van der Waals surface area (Å²) in [6.07, 6.45) is 2.67. The summed E-state index contributed by atoms with van der Waals surface area (Å²) in [7, 11) is -0.909. The van der Waals surface area contributed by atoms with Gasteiger partial charge in [0.1, 0.15) is 11.4 Å². The summed E-state index contributed by atoms with van der Waals surface area (Å²) >= 11 is 1.43. The summed E-state index contributed by atoms with van der Waals surface area (Å²) in [6, 6.07) is 0. The maximum atomic E-state index is 10.3. The van der Waals surface area contributed by atoms with Crippen molar-refractivity contribution in [3.63, 3.8) is 0 Å². The average Bonchev–Trinajstić information content (AvgIpc) is 1.65. The van der Waals surface area contributed by atoms with E-state index in [2.05, 4.69) is 0 Å². The van der Waals surface area contributed by atoms with E-state index in [4.69, 9.17) is 0 Å². The molecule has 0 rings (SSSR count). The third-order valence-electron chi connectivity index (χ3n) is 0.462.